The van der Waals surface area contributed by atoms with Gasteiger partial charge in [0.05, 0.1) is 12.2 Å². The van der Waals surface area contributed by atoms with E-state index in [-0.39, 0.29) is 30.1 Å². The van der Waals surface area contributed by atoms with Gasteiger partial charge in [-0.1, -0.05) is 61.9 Å². The van der Waals surface area contributed by atoms with Gasteiger partial charge in [-0.2, -0.15) is 0 Å². The lowest BCUT2D eigenvalue weighted by Crippen LogP contribution is -2.63. The lowest BCUT2D eigenvalue weighted by Gasteiger charge is -2.59. The van der Waals surface area contributed by atoms with Gasteiger partial charge in [-0.25, -0.2) is 0 Å². The first kappa shape index (κ1) is 30.5. The van der Waals surface area contributed by atoms with Crippen molar-refractivity contribution < 1.29 is 34.4 Å². The number of allylic oxidation sites excluding steroid dienone is 4. The highest BCUT2D eigenvalue weighted by Gasteiger charge is 2.75. The molecule has 0 radical (unpaired) electrons. The van der Waals surface area contributed by atoms with E-state index < -0.39 is 47.3 Å². The lowest BCUT2D eigenvalue weighted by atomic mass is 9.46. The molecule has 1 saturated heterocycles. The molecule has 5 N–H and O–H groups in total. The van der Waals surface area contributed by atoms with Gasteiger partial charge in [-0.3, -0.25) is 9.59 Å². The molecule has 3 saturated carbocycles. The summed E-state index contributed by atoms with van der Waals surface area (Å²) < 4.78 is 13.3. The number of Topliss-reactive ketones (excluding diaryl/α,β-unsaturated/α-hetero) is 1. The second-order valence-electron chi connectivity index (χ2n) is 14.3. The molecule has 9 atom stereocenters. The van der Waals surface area contributed by atoms with E-state index >= 15 is 0 Å². The largest absolute Gasteiger partial charge is 0.399 e. The standard InChI is InChI=1S/C37H43NO7/c1-35-13-11-26(41)17-25(35)8-9-27-28-18-32-37(31(43)20-40,36(28,2)19-30(42)33(27)35)45-34(44-32)23-6-3-21(4-7-23)15-22-5-10-29(38)24(16-22)12-14-39/h3-7,10-11,13,16-17,27-28,30,32-34,39-40,42H,8-9,12,14-15,18-20,38H2,1-2H3/t27-,28-,30-,32+,33+,34+,35-,36-,37+/m0/s1. The maximum absolute atomic E-state index is 13.8. The van der Waals surface area contributed by atoms with E-state index in [1.54, 1.807) is 12.2 Å². The van der Waals surface area contributed by atoms with E-state index in [4.69, 9.17) is 15.2 Å². The maximum Gasteiger partial charge on any atom is 0.193 e. The van der Waals surface area contributed by atoms with Crippen LogP contribution in [0.2, 0.25) is 0 Å². The Balaban J connectivity index is 1.15. The first-order chi connectivity index (χ1) is 21.5. The third-order valence-electron chi connectivity index (χ3n) is 12.0. The summed E-state index contributed by atoms with van der Waals surface area (Å²) in [6, 6.07) is 13.9. The molecule has 5 aliphatic rings. The van der Waals surface area contributed by atoms with E-state index in [0.29, 0.717) is 31.4 Å². The summed E-state index contributed by atoms with van der Waals surface area (Å²) >= 11 is 0. The number of fused-ring (bicyclic) bond motifs is 7. The van der Waals surface area contributed by atoms with Gasteiger partial charge in [-0.05, 0) is 85.3 Å². The van der Waals surface area contributed by atoms with Gasteiger partial charge in [0.2, 0.25) is 0 Å². The molecule has 0 aromatic heterocycles. The van der Waals surface area contributed by atoms with Crippen molar-refractivity contribution in [2.24, 2.45) is 28.6 Å². The molecule has 8 nitrogen and oxygen atoms in total. The van der Waals surface area contributed by atoms with Gasteiger partial charge in [0.25, 0.3) is 0 Å². The van der Waals surface area contributed by atoms with Crippen LogP contribution in [0.25, 0.3) is 0 Å². The highest BCUT2D eigenvalue weighted by Crippen LogP contribution is 2.70. The van der Waals surface area contributed by atoms with Crippen LogP contribution in [0.5, 0.6) is 0 Å². The van der Waals surface area contributed by atoms with Crippen LogP contribution in [-0.2, 0) is 31.9 Å². The Kier molecular flexibility index (Phi) is 7.45. The molecule has 238 valence electrons. The summed E-state index contributed by atoms with van der Waals surface area (Å²) in [5.74, 6) is -0.310. The van der Waals surface area contributed by atoms with Crippen LogP contribution in [0, 0.1) is 28.6 Å². The first-order valence-corrected chi connectivity index (χ1v) is 16.2. The van der Waals surface area contributed by atoms with Crippen molar-refractivity contribution >= 4 is 17.3 Å². The molecule has 0 bridgehead atoms. The Morgan fingerprint density at radius 2 is 1.84 bits per heavy atom. The van der Waals surface area contributed by atoms with Gasteiger partial charge >= 0.3 is 0 Å². The molecule has 45 heavy (non-hydrogen) atoms. The number of aliphatic hydroxyl groups excluding tert-OH is 3. The molecule has 1 aliphatic heterocycles. The van der Waals surface area contributed by atoms with Gasteiger partial charge in [0, 0.05) is 34.6 Å². The minimum absolute atomic E-state index is 0.00253. The van der Waals surface area contributed by atoms with Crippen LogP contribution in [0.15, 0.2) is 66.3 Å². The van der Waals surface area contributed by atoms with Crippen molar-refractivity contribution in [1.82, 2.24) is 0 Å². The topological polar surface area (TPSA) is 139 Å². The molecular formula is C37H43NO7. The number of benzene rings is 2. The molecule has 4 fully saturated rings. The molecule has 0 spiro atoms. The van der Waals surface area contributed by atoms with E-state index in [9.17, 15) is 24.9 Å². The van der Waals surface area contributed by atoms with Gasteiger partial charge in [0.15, 0.2) is 23.5 Å². The van der Waals surface area contributed by atoms with Gasteiger partial charge in [0.1, 0.15) is 6.61 Å². The number of nitrogen functional groups attached to an aromatic ring is 1. The van der Waals surface area contributed by atoms with Crippen LogP contribution in [0.1, 0.15) is 68.1 Å². The summed E-state index contributed by atoms with van der Waals surface area (Å²) in [6.07, 6.45) is 7.07. The Bertz CT molecular complexity index is 1580. The van der Waals surface area contributed by atoms with Crippen molar-refractivity contribution in [3.63, 3.8) is 0 Å². The quantitative estimate of drug-likeness (QED) is 0.344. The molecule has 2 aromatic rings. The summed E-state index contributed by atoms with van der Waals surface area (Å²) in [7, 11) is 0. The van der Waals surface area contributed by atoms with E-state index in [0.717, 1.165) is 40.7 Å². The van der Waals surface area contributed by atoms with Crippen molar-refractivity contribution in [2.75, 3.05) is 18.9 Å². The second-order valence-corrected chi connectivity index (χ2v) is 14.3. The lowest BCUT2D eigenvalue weighted by molar-refractivity contribution is -0.201. The molecule has 2 aromatic carbocycles. The molecule has 8 heteroatoms. The molecule has 1 heterocycles. The van der Waals surface area contributed by atoms with Gasteiger partial charge in [-0.15, -0.1) is 0 Å². The van der Waals surface area contributed by atoms with Crippen LogP contribution < -0.4 is 5.73 Å². The number of ketones is 2. The van der Waals surface area contributed by atoms with E-state index in [2.05, 4.69) is 6.92 Å². The third-order valence-corrected chi connectivity index (χ3v) is 12.0. The Labute approximate surface area is 263 Å². The van der Waals surface area contributed by atoms with E-state index in [1.807, 2.05) is 55.5 Å². The highest BCUT2D eigenvalue weighted by atomic mass is 16.7. The number of nitrogens with two attached hydrogens (primary N) is 1. The van der Waals surface area contributed by atoms with Crippen molar-refractivity contribution in [3.8, 4) is 0 Å². The zero-order chi connectivity index (χ0) is 31.7. The fourth-order valence-electron chi connectivity index (χ4n) is 9.97. The Morgan fingerprint density at radius 3 is 2.58 bits per heavy atom. The number of hydrogen-bond donors (Lipinski definition) is 4. The Morgan fingerprint density at radius 1 is 1.09 bits per heavy atom. The number of ether oxygens (including phenoxy) is 2. The monoisotopic (exact) mass is 613 g/mol. The zero-order valence-electron chi connectivity index (χ0n) is 25.9. The molecule has 0 unspecified atom stereocenters. The molecule has 4 aliphatic carbocycles. The second kappa shape index (κ2) is 11.0. The van der Waals surface area contributed by atoms with Crippen molar-refractivity contribution in [1.29, 1.82) is 0 Å². The molecule has 7 rings (SSSR count). The van der Waals surface area contributed by atoms with Crippen molar-refractivity contribution in [2.45, 2.75) is 76.5 Å². The van der Waals surface area contributed by atoms with Crippen LogP contribution in [-0.4, -0.2) is 57.9 Å². The fraction of sp³-hybridized carbons (Fsp3) is 0.514. The number of aliphatic hydroxyl groups is 3. The summed E-state index contributed by atoms with van der Waals surface area (Å²) in [5.41, 5.74) is 9.20. The third kappa shape index (κ3) is 4.52. The van der Waals surface area contributed by atoms with Crippen LogP contribution in [0.3, 0.4) is 0 Å². The first-order valence-electron chi connectivity index (χ1n) is 16.2. The average molecular weight is 614 g/mol. The van der Waals surface area contributed by atoms with Crippen molar-refractivity contribution in [3.05, 3.63) is 88.5 Å². The number of hydrogen-bond acceptors (Lipinski definition) is 8. The predicted octanol–water partition coefficient (Wildman–Crippen LogP) is 4.00. The normalized spacial score (nSPS) is 38.2. The molecular weight excluding hydrogens is 570 g/mol. The minimum Gasteiger partial charge on any atom is -0.399 e. The highest BCUT2D eigenvalue weighted by molar-refractivity contribution is 6.01. The molecule has 0 amide bonds. The van der Waals surface area contributed by atoms with Crippen LogP contribution in [0.4, 0.5) is 5.69 Å². The maximum atomic E-state index is 13.8. The number of rotatable bonds is 7. The smallest absolute Gasteiger partial charge is 0.193 e. The number of anilines is 1. The summed E-state index contributed by atoms with van der Waals surface area (Å²) in [6.45, 7) is 3.56. The number of carbonyl (C=O) groups excluding carboxylic acids is 2. The average Bonchev–Trinajstić information content (AvgIpc) is 3.52. The van der Waals surface area contributed by atoms with E-state index in [1.165, 1.54) is 0 Å². The summed E-state index contributed by atoms with van der Waals surface area (Å²) in [4.78, 5) is 26.0. The number of carbonyl (C=O) groups is 2. The zero-order valence-corrected chi connectivity index (χ0v) is 25.9. The summed E-state index contributed by atoms with van der Waals surface area (Å²) in [5, 5.41) is 31.4. The SMILES string of the molecule is C[C@]12C=CC(=O)C=C1CC[C@@H]1[C@@H]2[C@@H](O)C[C@@]2(C)[C@H]1C[C@H]1O[C@@H](c3ccc(Cc4ccc(N)c(CCO)c4)cc3)O[C@]12C(=O)CO. The predicted molar refractivity (Wildman–Crippen MR) is 168 cm³/mol. The minimum atomic E-state index is -1.37. The Hall–Kier alpha value is -3.14. The fourth-order valence-corrected chi connectivity index (χ4v) is 9.97. The van der Waals surface area contributed by atoms with Gasteiger partial charge < -0.3 is 30.5 Å². The van der Waals surface area contributed by atoms with Crippen LogP contribution >= 0.6 is 0 Å².